The van der Waals surface area contributed by atoms with Crippen molar-refractivity contribution >= 4 is 22.4 Å². The zero-order valence-corrected chi connectivity index (χ0v) is 13.0. The van der Waals surface area contributed by atoms with Crippen molar-refractivity contribution in [3.05, 3.63) is 10.6 Å². The number of carbonyl (C=O) groups is 1. The Labute approximate surface area is 118 Å². The zero-order chi connectivity index (χ0) is 14.6. The number of carboxylic acid groups (broad SMARTS) is 1. The van der Waals surface area contributed by atoms with Crippen LogP contribution in [0.25, 0.3) is 0 Å². The molecule has 0 amide bonds. The lowest BCUT2D eigenvalue weighted by Gasteiger charge is -2.30. The van der Waals surface area contributed by atoms with Gasteiger partial charge in [-0.3, -0.25) is 4.90 Å². The average Bonchev–Trinajstić information content (AvgIpc) is 2.65. The third kappa shape index (κ3) is 4.47. The number of carboxylic acids is 1. The highest BCUT2D eigenvalue weighted by Gasteiger charge is 2.15. The number of thiazole rings is 1. The lowest BCUT2D eigenvalue weighted by molar-refractivity contribution is 0.0690. The number of nitrogens with zero attached hydrogens (tertiary/aromatic N) is 2. The fourth-order valence-electron chi connectivity index (χ4n) is 2.08. The highest BCUT2D eigenvalue weighted by molar-refractivity contribution is 7.15. The normalized spacial score (nSPS) is 11.6. The number of anilines is 1. The molecule has 0 unspecified atom stereocenters. The molecule has 1 rings (SSSR count). The van der Waals surface area contributed by atoms with Crippen LogP contribution in [0.3, 0.4) is 0 Å². The van der Waals surface area contributed by atoms with E-state index < -0.39 is 5.97 Å². The molecule has 108 valence electrons. The van der Waals surface area contributed by atoms with Crippen LogP contribution in [0.2, 0.25) is 0 Å². The van der Waals surface area contributed by atoms with Gasteiger partial charge >= 0.3 is 5.97 Å². The van der Waals surface area contributed by atoms with Crippen molar-refractivity contribution in [2.75, 3.05) is 18.4 Å². The molecule has 1 heterocycles. The molecule has 0 aliphatic heterocycles. The van der Waals surface area contributed by atoms with E-state index in [2.05, 4.69) is 42.9 Å². The summed E-state index contributed by atoms with van der Waals surface area (Å²) in [7, 11) is 0. The first-order chi connectivity index (χ1) is 8.82. The fourth-order valence-corrected chi connectivity index (χ4v) is 2.91. The van der Waals surface area contributed by atoms with E-state index in [1.807, 2.05) is 0 Å². The molecule has 1 aromatic rings. The topological polar surface area (TPSA) is 65.5 Å². The van der Waals surface area contributed by atoms with E-state index in [1.54, 1.807) is 6.92 Å². The summed E-state index contributed by atoms with van der Waals surface area (Å²) in [6, 6.07) is 0.990. The Morgan fingerprint density at radius 3 is 2.37 bits per heavy atom. The maximum atomic E-state index is 10.9. The maximum Gasteiger partial charge on any atom is 0.355 e. The summed E-state index contributed by atoms with van der Waals surface area (Å²) in [6.07, 6.45) is 0. The van der Waals surface area contributed by atoms with E-state index in [0.29, 0.717) is 17.2 Å². The minimum Gasteiger partial charge on any atom is -0.476 e. The van der Waals surface area contributed by atoms with Gasteiger partial charge in [0.25, 0.3) is 0 Å². The number of aryl methyl sites for hydroxylation is 1. The first-order valence-corrected chi connectivity index (χ1v) is 7.35. The number of hydrogen-bond donors (Lipinski definition) is 2. The van der Waals surface area contributed by atoms with Gasteiger partial charge in [0.05, 0.1) is 0 Å². The van der Waals surface area contributed by atoms with Gasteiger partial charge in [-0.2, -0.15) is 0 Å². The molecular weight excluding hydrogens is 262 g/mol. The average molecular weight is 285 g/mol. The molecule has 0 saturated heterocycles. The summed E-state index contributed by atoms with van der Waals surface area (Å²) in [5.74, 6) is -0.965. The van der Waals surface area contributed by atoms with Crippen LogP contribution in [0.4, 0.5) is 5.13 Å². The second-order valence-corrected chi connectivity index (χ2v) is 6.28. The van der Waals surface area contributed by atoms with Gasteiger partial charge in [0.15, 0.2) is 10.8 Å². The molecule has 0 aliphatic rings. The molecule has 0 saturated carbocycles. The minimum atomic E-state index is -0.965. The summed E-state index contributed by atoms with van der Waals surface area (Å²) >= 11 is 1.39. The van der Waals surface area contributed by atoms with E-state index >= 15 is 0 Å². The molecule has 1 aromatic heterocycles. The number of aromatic carboxylic acids is 1. The number of rotatable bonds is 7. The third-order valence-electron chi connectivity index (χ3n) is 2.97. The zero-order valence-electron chi connectivity index (χ0n) is 12.2. The highest BCUT2D eigenvalue weighted by atomic mass is 32.1. The molecule has 0 atom stereocenters. The third-order valence-corrected chi connectivity index (χ3v) is 3.90. The van der Waals surface area contributed by atoms with Crippen LogP contribution in [0.5, 0.6) is 0 Å². The number of aromatic nitrogens is 1. The van der Waals surface area contributed by atoms with E-state index in [4.69, 9.17) is 5.11 Å². The van der Waals surface area contributed by atoms with Crippen molar-refractivity contribution in [2.45, 2.75) is 46.7 Å². The van der Waals surface area contributed by atoms with Crippen LogP contribution in [0, 0.1) is 6.92 Å². The van der Waals surface area contributed by atoms with Gasteiger partial charge < -0.3 is 10.4 Å². The Balaban J connectivity index is 2.53. The summed E-state index contributed by atoms with van der Waals surface area (Å²) in [5.41, 5.74) is 0.150. The number of hydrogen-bond acceptors (Lipinski definition) is 5. The Kier molecular flexibility index (Phi) is 5.75. The molecule has 5 nitrogen and oxygen atoms in total. The van der Waals surface area contributed by atoms with Crippen LogP contribution in [-0.4, -0.2) is 46.1 Å². The smallest absolute Gasteiger partial charge is 0.355 e. The maximum absolute atomic E-state index is 10.9. The molecule has 0 fully saturated rings. The van der Waals surface area contributed by atoms with Gasteiger partial charge in [-0.15, -0.1) is 11.3 Å². The molecule has 0 aromatic carbocycles. The molecule has 0 spiro atoms. The van der Waals surface area contributed by atoms with Crippen molar-refractivity contribution in [3.63, 3.8) is 0 Å². The van der Waals surface area contributed by atoms with Crippen LogP contribution >= 0.6 is 11.3 Å². The highest BCUT2D eigenvalue weighted by Crippen LogP contribution is 2.21. The van der Waals surface area contributed by atoms with Gasteiger partial charge in [0.1, 0.15) is 0 Å². The van der Waals surface area contributed by atoms with Crippen molar-refractivity contribution in [3.8, 4) is 0 Å². The first-order valence-electron chi connectivity index (χ1n) is 6.53. The minimum absolute atomic E-state index is 0.150. The molecule has 19 heavy (non-hydrogen) atoms. The molecule has 0 radical (unpaired) electrons. The standard InChI is InChI=1S/C13H23N3O2S/c1-8(2)16(9(3)4)7-6-14-13-15-11(12(17)18)10(5)19-13/h8-9H,6-7H2,1-5H3,(H,14,15)(H,17,18). The Morgan fingerprint density at radius 1 is 1.37 bits per heavy atom. The van der Waals surface area contributed by atoms with Gasteiger partial charge in [-0.1, -0.05) is 0 Å². The van der Waals surface area contributed by atoms with E-state index in [-0.39, 0.29) is 5.69 Å². The molecular formula is C13H23N3O2S. The van der Waals surface area contributed by atoms with Crippen LogP contribution in [0.15, 0.2) is 0 Å². The molecule has 0 aliphatic carbocycles. The van der Waals surface area contributed by atoms with Crippen molar-refractivity contribution in [1.82, 2.24) is 9.88 Å². The quantitative estimate of drug-likeness (QED) is 0.806. The predicted octanol–water partition coefficient (Wildman–Crippen LogP) is 2.68. The van der Waals surface area contributed by atoms with Crippen LogP contribution < -0.4 is 5.32 Å². The second-order valence-electron chi connectivity index (χ2n) is 5.08. The van der Waals surface area contributed by atoms with Crippen molar-refractivity contribution in [1.29, 1.82) is 0 Å². The molecule has 6 heteroatoms. The lowest BCUT2D eigenvalue weighted by Crippen LogP contribution is -2.40. The second kappa shape index (κ2) is 6.86. The van der Waals surface area contributed by atoms with Gasteiger partial charge in [0.2, 0.25) is 0 Å². The Hall–Kier alpha value is -1.14. The summed E-state index contributed by atoms with van der Waals surface area (Å²) in [5, 5.41) is 12.8. The van der Waals surface area contributed by atoms with Gasteiger partial charge in [-0.25, -0.2) is 9.78 Å². The van der Waals surface area contributed by atoms with Gasteiger partial charge in [0, 0.05) is 30.1 Å². The predicted molar refractivity (Wildman–Crippen MR) is 79.3 cm³/mol. The van der Waals surface area contributed by atoms with E-state index in [9.17, 15) is 4.79 Å². The van der Waals surface area contributed by atoms with Crippen molar-refractivity contribution < 1.29 is 9.90 Å². The largest absolute Gasteiger partial charge is 0.476 e. The lowest BCUT2D eigenvalue weighted by atomic mass is 10.2. The van der Waals surface area contributed by atoms with Crippen molar-refractivity contribution in [2.24, 2.45) is 0 Å². The first kappa shape index (κ1) is 15.9. The van der Waals surface area contributed by atoms with E-state index in [1.165, 1.54) is 11.3 Å². The van der Waals surface area contributed by atoms with Gasteiger partial charge in [-0.05, 0) is 34.6 Å². The monoisotopic (exact) mass is 285 g/mol. The fraction of sp³-hybridized carbons (Fsp3) is 0.692. The van der Waals surface area contributed by atoms with E-state index in [0.717, 1.165) is 18.0 Å². The number of nitrogens with one attached hydrogen (secondary N) is 1. The Morgan fingerprint density at radius 2 is 1.95 bits per heavy atom. The summed E-state index contributed by atoms with van der Waals surface area (Å²) in [4.78, 5) is 18.1. The Bertz CT molecular complexity index is 422. The summed E-state index contributed by atoms with van der Waals surface area (Å²) < 4.78 is 0. The molecule has 0 bridgehead atoms. The summed E-state index contributed by atoms with van der Waals surface area (Å²) in [6.45, 7) is 12.2. The van der Waals surface area contributed by atoms with Crippen LogP contribution in [-0.2, 0) is 0 Å². The molecule has 2 N–H and O–H groups in total. The van der Waals surface area contributed by atoms with Crippen LogP contribution in [0.1, 0.15) is 43.1 Å². The SMILES string of the molecule is Cc1sc(NCCN(C(C)C)C(C)C)nc1C(=O)O.